The Labute approximate surface area is 125 Å². The van der Waals surface area contributed by atoms with Crippen LogP contribution in [-0.2, 0) is 28.0 Å². The minimum Gasteiger partial charge on any atom is -0.480 e. The lowest BCUT2D eigenvalue weighted by atomic mass is 9.96. The van der Waals surface area contributed by atoms with Gasteiger partial charge in [0.15, 0.2) is 0 Å². The van der Waals surface area contributed by atoms with E-state index >= 15 is 0 Å². The fourth-order valence-electron chi connectivity index (χ4n) is 2.38. The SMILES string of the molecule is CC(C)N(C)S(=O)(=O)N1Cc2ccccc2C[C@H]1C(=O)O. The van der Waals surface area contributed by atoms with Gasteiger partial charge in [0.25, 0.3) is 10.2 Å². The molecule has 1 aliphatic rings. The predicted octanol–water partition coefficient (Wildman–Crippen LogP) is 1.08. The average molecular weight is 312 g/mol. The molecule has 21 heavy (non-hydrogen) atoms. The number of hydrogen-bond donors (Lipinski definition) is 1. The van der Waals surface area contributed by atoms with Crippen LogP contribution in [0.4, 0.5) is 0 Å². The second-order valence-corrected chi connectivity index (χ2v) is 7.43. The number of carboxylic acids is 1. The van der Waals surface area contributed by atoms with Gasteiger partial charge in [-0.2, -0.15) is 17.0 Å². The van der Waals surface area contributed by atoms with Crippen LogP contribution in [0.3, 0.4) is 0 Å². The van der Waals surface area contributed by atoms with E-state index in [0.29, 0.717) is 0 Å². The Kier molecular flexibility index (Phi) is 4.36. The van der Waals surface area contributed by atoms with Crippen LogP contribution in [-0.4, -0.2) is 47.2 Å². The summed E-state index contributed by atoms with van der Waals surface area (Å²) in [7, 11) is -2.34. The maximum Gasteiger partial charge on any atom is 0.322 e. The van der Waals surface area contributed by atoms with E-state index in [1.54, 1.807) is 13.8 Å². The van der Waals surface area contributed by atoms with Crippen molar-refractivity contribution in [2.45, 2.75) is 38.9 Å². The molecule has 6 nitrogen and oxygen atoms in total. The van der Waals surface area contributed by atoms with Gasteiger partial charge in [-0.15, -0.1) is 0 Å². The normalized spacial score (nSPS) is 19.8. The van der Waals surface area contributed by atoms with Crippen molar-refractivity contribution in [1.82, 2.24) is 8.61 Å². The molecular weight excluding hydrogens is 292 g/mol. The Morgan fingerprint density at radius 1 is 1.33 bits per heavy atom. The monoisotopic (exact) mass is 312 g/mol. The third-order valence-electron chi connectivity index (χ3n) is 3.88. The number of fused-ring (bicyclic) bond motifs is 1. The van der Waals surface area contributed by atoms with E-state index in [1.807, 2.05) is 24.3 Å². The first-order chi connectivity index (χ1) is 9.75. The lowest BCUT2D eigenvalue weighted by Gasteiger charge is -2.36. The molecule has 1 N–H and O–H groups in total. The van der Waals surface area contributed by atoms with Gasteiger partial charge >= 0.3 is 5.97 Å². The molecule has 0 fully saturated rings. The van der Waals surface area contributed by atoms with Gasteiger partial charge < -0.3 is 5.11 Å². The van der Waals surface area contributed by atoms with Crippen molar-refractivity contribution in [1.29, 1.82) is 0 Å². The molecule has 7 heteroatoms. The van der Waals surface area contributed by atoms with Gasteiger partial charge in [-0.05, 0) is 25.0 Å². The molecule has 0 aliphatic carbocycles. The second-order valence-electron chi connectivity index (χ2n) is 5.49. The molecular formula is C14H20N2O4S. The number of hydrogen-bond acceptors (Lipinski definition) is 3. The Morgan fingerprint density at radius 3 is 2.43 bits per heavy atom. The van der Waals surface area contributed by atoms with Gasteiger partial charge in [0, 0.05) is 26.1 Å². The summed E-state index contributed by atoms with van der Waals surface area (Å²) in [5.74, 6) is -1.12. The zero-order valence-electron chi connectivity index (χ0n) is 12.4. The highest BCUT2D eigenvalue weighted by Crippen LogP contribution is 2.27. The molecule has 0 spiro atoms. The van der Waals surface area contributed by atoms with E-state index < -0.39 is 22.2 Å². The summed E-state index contributed by atoms with van der Waals surface area (Å²) < 4.78 is 27.6. The standard InChI is InChI=1S/C14H20N2O4S/c1-10(2)15(3)21(19,20)16-9-12-7-5-4-6-11(12)8-13(16)14(17)18/h4-7,10,13H,8-9H2,1-3H3,(H,17,18)/t13-/m0/s1. The average Bonchev–Trinajstić information content (AvgIpc) is 2.44. The number of aliphatic carboxylic acids is 1. The lowest BCUT2D eigenvalue weighted by Crippen LogP contribution is -2.54. The molecule has 0 amide bonds. The van der Waals surface area contributed by atoms with Crippen LogP contribution >= 0.6 is 0 Å². The molecule has 0 aromatic heterocycles. The molecule has 1 heterocycles. The molecule has 1 atom stereocenters. The molecule has 1 aromatic rings. The van der Waals surface area contributed by atoms with Crippen molar-refractivity contribution in [2.75, 3.05) is 7.05 Å². The van der Waals surface area contributed by atoms with E-state index in [-0.39, 0.29) is 19.0 Å². The van der Waals surface area contributed by atoms with Crippen molar-refractivity contribution in [3.63, 3.8) is 0 Å². The quantitative estimate of drug-likeness (QED) is 0.902. The molecule has 116 valence electrons. The molecule has 0 unspecified atom stereocenters. The van der Waals surface area contributed by atoms with Gasteiger partial charge in [-0.1, -0.05) is 24.3 Å². The number of rotatable bonds is 4. The molecule has 2 rings (SSSR count). The van der Waals surface area contributed by atoms with E-state index in [9.17, 15) is 18.3 Å². The van der Waals surface area contributed by atoms with Crippen LogP contribution in [0.1, 0.15) is 25.0 Å². The third-order valence-corrected chi connectivity index (χ3v) is 6.00. The summed E-state index contributed by atoms with van der Waals surface area (Å²) in [5, 5.41) is 9.39. The fraction of sp³-hybridized carbons (Fsp3) is 0.500. The highest BCUT2D eigenvalue weighted by atomic mass is 32.2. The smallest absolute Gasteiger partial charge is 0.322 e. The Hall–Kier alpha value is -1.44. The van der Waals surface area contributed by atoms with Gasteiger partial charge in [-0.3, -0.25) is 4.79 Å². The van der Waals surface area contributed by atoms with E-state index in [4.69, 9.17) is 0 Å². The minimum atomic E-state index is -3.81. The van der Waals surface area contributed by atoms with Crippen molar-refractivity contribution in [3.8, 4) is 0 Å². The zero-order chi connectivity index (χ0) is 15.8. The predicted molar refractivity (Wildman–Crippen MR) is 78.9 cm³/mol. The number of nitrogens with zero attached hydrogens (tertiary/aromatic N) is 2. The molecule has 0 saturated carbocycles. The first-order valence-electron chi connectivity index (χ1n) is 6.79. The van der Waals surface area contributed by atoms with Crippen LogP contribution < -0.4 is 0 Å². The topological polar surface area (TPSA) is 77.9 Å². The van der Waals surface area contributed by atoms with Crippen LogP contribution in [0.15, 0.2) is 24.3 Å². The summed E-state index contributed by atoms with van der Waals surface area (Å²) in [4.78, 5) is 11.5. The first-order valence-corrected chi connectivity index (χ1v) is 8.19. The van der Waals surface area contributed by atoms with Gasteiger partial charge in [-0.25, -0.2) is 0 Å². The molecule has 0 bridgehead atoms. The van der Waals surface area contributed by atoms with Gasteiger partial charge in [0.1, 0.15) is 6.04 Å². The number of carbonyl (C=O) groups is 1. The number of carboxylic acid groups (broad SMARTS) is 1. The molecule has 0 saturated heterocycles. The van der Waals surface area contributed by atoms with Crippen LogP contribution in [0.2, 0.25) is 0 Å². The Bertz CT molecular complexity index is 642. The van der Waals surface area contributed by atoms with Crippen molar-refractivity contribution in [3.05, 3.63) is 35.4 Å². The minimum absolute atomic E-state index is 0.0898. The summed E-state index contributed by atoms with van der Waals surface area (Å²) >= 11 is 0. The van der Waals surface area contributed by atoms with Crippen molar-refractivity contribution >= 4 is 16.2 Å². The highest BCUT2D eigenvalue weighted by molar-refractivity contribution is 7.86. The van der Waals surface area contributed by atoms with Crippen molar-refractivity contribution in [2.24, 2.45) is 0 Å². The summed E-state index contributed by atoms with van der Waals surface area (Å²) in [6, 6.07) is 6.05. The molecule has 1 aliphatic heterocycles. The maximum absolute atomic E-state index is 12.6. The second kappa shape index (κ2) is 5.75. The van der Waals surface area contributed by atoms with Gasteiger partial charge in [0.05, 0.1) is 0 Å². The van der Waals surface area contributed by atoms with Crippen LogP contribution in [0.5, 0.6) is 0 Å². The van der Waals surface area contributed by atoms with E-state index in [1.165, 1.54) is 11.4 Å². The van der Waals surface area contributed by atoms with Crippen LogP contribution in [0.25, 0.3) is 0 Å². The largest absolute Gasteiger partial charge is 0.480 e. The van der Waals surface area contributed by atoms with Gasteiger partial charge in [0.2, 0.25) is 0 Å². The molecule has 1 aromatic carbocycles. The first kappa shape index (κ1) is 15.9. The fourth-order valence-corrected chi connectivity index (χ4v) is 4.04. The summed E-state index contributed by atoms with van der Waals surface area (Å²) in [5.41, 5.74) is 1.75. The van der Waals surface area contributed by atoms with E-state index in [2.05, 4.69) is 0 Å². The van der Waals surface area contributed by atoms with E-state index in [0.717, 1.165) is 15.4 Å². The third kappa shape index (κ3) is 2.95. The lowest BCUT2D eigenvalue weighted by molar-refractivity contribution is -0.142. The zero-order valence-corrected chi connectivity index (χ0v) is 13.2. The Morgan fingerprint density at radius 2 is 1.90 bits per heavy atom. The summed E-state index contributed by atoms with van der Waals surface area (Å²) in [6.07, 6.45) is 0.191. The highest BCUT2D eigenvalue weighted by Gasteiger charge is 2.41. The Balaban J connectivity index is 2.44. The van der Waals surface area contributed by atoms with Crippen molar-refractivity contribution < 1.29 is 18.3 Å². The summed E-state index contributed by atoms with van der Waals surface area (Å²) in [6.45, 7) is 3.60. The number of benzene rings is 1. The van der Waals surface area contributed by atoms with Crippen LogP contribution in [0, 0.1) is 0 Å². The molecule has 0 radical (unpaired) electrons. The maximum atomic E-state index is 12.6.